The first-order valence-corrected chi connectivity index (χ1v) is 13.8. The summed E-state index contributed by atoms with van der Waals surface area (Å²) in [5.74, 6) is -0.0191. The van der Waals surface area contributed by atoms with E-state index in [9.17, 15) is 19.7 Å². The van der Waals surface area contributed by atoms with E-state index in [2.05, 4.69) is 10.3 Å². The molecule has 5 rings (SSSR count). The van der Waals surface area contributed by atoms with E-state index in [1.54, 1.807) is 44.4 Å². The minimum Gasteiger partial charge on any atom is -0.497 e. The van der Waals surface area contributed by atoms with Crippen molar-refractivity contribution in [1.82, 2.24) is 9.97 Å². The summed E-state index contributed by atoms with van der Waals surface area (Å²) in [5, 5.41) is 14.6. The minimum atomic E-state index is -0.791. The Labute approximate surface area is 239 Å². The first-order chi connectivity index (χ1) is 19.9. The molecule has 0 spiro atoms. The molecule has 0 aliphatic carbocycles. The molecule has 0 saturated carbocycles. The molecule has 0 amide bonds. The fourth-order valence-corrected chi connectivity index (χ4v) is 5.47. The van der Waals surface area contributed by atoms with Crippen molar-refractivity contribution < 1.29 is 19.2 Å². The van der Waals surface area contributed by atoms with Gasteiger partial charge in [0.2, 0.25) is 0 Å². The van der Waals surface area contributed by atoms with Crippen LogP contribution in [0.25, 0.3) is 5.70 Å². The first-order valence-electron chi connectivity index (χ1n) is 12.8. The van der Waals surface area contributed by atoms with Gasteiger partial charge < -0.3 is 19.8 Å². The largest absolute Gasteiger partial charge is 0.497 e. The number of ether oxygens (including phenoxy) is 2. The highest BCUT2D eigenvalue weighted by Gasteiger charge is 2.38. The molecule has 1 aliphatic rings. The maximum absolute atomic E-state index is 13.7. The summed E-state index contributed by atoms with van der Waals surface area (Å²) in [7, 11) is 1.55. The van der Waals surface area contributed by atoms with Gasteiger partial charge in [-0.2, -0.15) is 0 Å². The lowest BCUT2D eigenvalue weighted by Crippen LogP contribution is -2.31. The van der Waals surface area contributed by atoms with Crippen LogP contribution >= 0.6 is 11.8 Å². The second-order valence-corrected chi connectivity index (χ2v) is 10.0. The van der Waals surface area contributed by atoms with Gasteiger partial charge in [-0.25, -0.2) is 9.78 Å². The summed E-state index contributed by atoms with van der Waals surface area (Å²) in [5.41, 5.74) is 2.89. The third kappa shape index (κ3) is 5.85. The van der Waals surface area contributed by atoms with Crippen molar-refractivity contribution in [3.05, 3.63) is 127 Å². The number of esters is 1. The van der Waals surface area contributed by atoms with Crippen LogP contribution in [0.4, 0.5) is 11.5 Å². The Balaban J connectivity index is 1.62. The van der Waals surface area contributed by atoms with Gasteiger partial charge in [-0.15, -0.1) is 0 Å². The second kappa shape index (κ2) is 12.1. The molecular formula is C30H26N4O6S. The summed E-state index contributed by atoms with van der Waals surface area (Å²) in [6, 6.07) is 22.8. The molecule has 1 aliphatic heterocycles. The number of anilines is 1. The molecule has 3 aromatic carbocycles. The number of hydrogen-bond acceptors (Lipinski definition) is 9. The van der Waals surface area contributed by atoms with Crippen molar-refractivity contribution in [2.24, 2.45) is 0 Å². The second-order valence-electron chi connectivity index (χ2n) is 9.06. The van der Waals surface area contributed by atoms with Crippen LogP contribution in [0.2, 0.25) is 0 Å². The Morgan fingerprint density at radius 2 is 1.83 bits per heavy atom. The average molecular weight is 571 g/mol. The summed E-state index contributed by atoms with van der Waals surface area (Å²) in [6.45, 7) is 1.89. The van der Waals surface area contributed by atoms with Crippen molar-refractivity contribution in [1.29, 1.82) is 0 Å². The highest BCUT2D eigenvalue weighted by atomic mass is 32.2. The van der Waals surface area contributed by atoms with Gasteiger partial charge in [0.05, 0.1) is 41.4 Å². The molecule has 2 heterocycles. The fourth-order valence-electron chi connectivity index (χ4n) is 4.65. The minimum absolute atomic E-state index is 0.00415. The van der Waals surface area contributed by atoms with Crippen LogP contribution in [0.3, 0.4) is 0 Å². The summed E-state index contributed by atoms with van der Waals surface area (Å²) in [4.78, 5) is 45.3. The number of carbonyl (C=O) groups is 1. The van der Waals surface area contributed by atoms with Gasteiger partial charge in [0.25, 0.3) is 11.2 Å². The van der Waals surface area contributed by atoms with Crippen molar-refractivity contribution >= 4 is 34.9 Å². The maximum atomic E-state index is 13.7. The number of nitro benzene ring substituents is 1. The van der Waals surface area contributed by atoms with E-state index in [0.29, 0.717) is 33.7 Å². The molecule has 1 atom stereocenters. The molecule has 10 nitrogen and oxygen atoms in total. The lowest BCUT2D eigenvalue weighted by molar-refractivity contribution is -0.384. The normalized spacial score (nSPS) is 14.1. The van der Waals surface area contributed by atoms with Gasteiger partial charge in [0.15, 0.2) is 5.16 Å². The summed E-state index contributed by atoms with van der Waals surface area (Å²) in [6.07, 6.45) is 0. The van der Waals surface area contributed by atoms with E-state index in [4.69, 9.17) is 14.5 Å². The fraction of sp³-hybridized carbons (Fsp3) is 0.167. The molecule has 11 heteroatoms. The van der Waals surface area contributed by atoms with Crippen LogP contribution in [0, 0.1) is 10.1 Å². The highest BCUT2D eigenvalue weighted by molar-refractivity contribution is 7.98. The average Bonchev–Trinajstić information content (AvgIpc) is 2.99. The summed E-state index contributed by atoms with van der Waals surface area (Å²) < 4.78 is 10.9. The molecule has 0 radical (unpaired) electrons. The van der Waals surface area contributed by atoms with E-state index >= 15 is 0 Å². The molecule has 2 N–H and O–H groups in total. The third-order valence-electron chi connectivity index (χ3n) is 6.53. The number of thioether (sulfide) groups is 1. The molecule has 1 unspecified atom stereocenters. The van der Waals surface area contributed by atoms with Gasteiger partial charge >= 0.3 is 5.97 Å². The van der Waals surface area contributed by atoms with Crippen LogP contribution in [0.5, 0.6) is 5.75 Å². The van der Waals surface area contributed by atoms with Crippen LogP contribution in [-0.2, 0) is 15.3 Å². The Morgan fingerprint density at radius 1 is 1.07 bits per heavy atom. The SMILES string of the molecule is CCOC(=O)C1=C(c2ccccc2)Nc2nc(SCc3ccc([N+](=O)[O-])cc3)[nH]c(=O)c2C1c1cccc(OC)c1. The van der Waals surface area contributed by atoms with Crippen molar-refractivity contribution in [3.63, 3.8) is 0 Å². The van der Waals surface area contributed by atoms with Crippen LogP contribution in [-0.4, -0.2) is 34.6 Å². The Hall–Kier alpha value is -4.90. The van der Waals surface area contributed by atoms with Gasteiger partial charge in [0.1, 0.15) is 11.6 Å². The highest BCUT2D eigenvalue weighted by Crippen LogP contribution is 2.43. The zero-order chi connectivity index (χ0) is 28.9. The first kappa shape index (κ1) is 27.7. The molecular weight excluding hydrogens is 544 g/mol. The molecule has 0 saturated heterocycles. The molecule has 41 heavy (non-hydrogen) atoms. The number of aromatic nitrogens is 2. The number of aromatic amines is 1. The van der Waals surface area contributed by atoms with Gasteiger partial charge in [-0.1, -0.05) is 66.4 Å². The lowest BCUT2D eigenvalue weighted by Gasteiger charge is -2.30. The number of benzene rings is 3. The number of fused-ring (bicyclic) bond motifs is 1. The van der Waals surface area contributed by atoms with Crippen LogP contribution in [0.15, 0.2) is 94.4 Å². The number of nitro groups is 1. The molecule has 0 fully saturated rings. The molecule has 1 aromatic heterocycles. The topological polar surface area (TPSA) is 136 Å². The number of non-ortho nitro benzene ring substituents is 1. The quantitative estimate of drug-likeness (QED) is 0.0877. The molecule has 4 aromatic rings. The zero-order valence-electron chi connectivity index (χ0n) is 22.2. The third-order valence-corrected chi connectivity index (χ3v) is 7.48. The predicted octanol–water partition coefficient (Wildman–Crippen LogP) is 5.51. The Bertz CT molecular complexity index is 1690. The van der Waals surface area contributed by atoms with Crippen molar-refractivity contribution in [2.75, 3.05) is 19.0 Å². The number of hydrogen-bond donors (Lipinski definition) is 2. The Kier molecular flexibility index (Phi) is 8.16. The number of H-pyrrole nitrogens is 1. The van der Waals surface area contributed by atoms with Crippen LogP contribution in [0.1, 0.15) is 35.1 Å². The standard InChI is InChI=1S/C30H26N4O6S/c1-3-40-29(36)24-23(20-10-7-11-22(16-20)39-2)25-27(31-26(24)19-8-5-4-6-9-19)32-30(33-28(25)35)41-17-18-12-14-21(15-13-18)34(37)38/h4-16,23H,3,17H2,1-2H3,(H2,31,32,33,35). The van der Waals surface area contributed by atoms with E-state index in [1.807, 2.05) is 36.4 Å². The van der Waals surface area contributed by atoms with Gasteiger partial charge in [-0.3, -0.25) is 14.9 Å². The van der Waals surface area contributed by atoms with Crippen molar-refractivity contribution in [3.8, 4) is 5.75 Å². The molecule has 0 bridgehead atoms. The lowest BCUT2D eigenvalue weighted by atomic mass is 9.81. The number of nitrogens with one attached hydrogen (secondary N) is 2. The number of methoxy groups -OCH3 is 1. The van der Waals surface area contributed by atoms with Crippen LogP contribution < -0.4 is 15.6 Å². The smallest absolute Gasteiger partial charge is 0.337 e. The van der Waals surface area contributed by atoms with Gasteiger partial charge in [-0.05, 0) is 35.7 Å². The number of carbonyl (C=O) groups excluding carboxylic acids is 1. The summed E-state index contributed by atoms with van der Waals surface area (Å²) >= 11 is 1.29. The Morgan fingerprint density at radius 3 is 2.51 bits per heavy atom. The predicted molar refractivity (Wildman–Crippen MR) is 156 cm³/mol. The van der Waals surface area contributed by atoms with E-state index < -0.39 is 22.4 Å². The van der Waals surface area contributed by atoms with Gasteiger partial charge in [0, 0.05) is 17.9 Å². The maximum Gasteiger partial charge on any atom is 0.337 e. The van der Waals surface area contributed by atoms with Crippen molar-refractivity contribution in [2.45, 2.75) is 23.8 Å². The van der Waals surface area contributed by atoms with E-state index in [0.717, 1.165) is 11.1 Å². The monoisotopic (exact) mass is 570 g/mol. The number of nitrogens with zero attached hydrogens (tertiary/aromatic N) is 2. The number of rotatable bonds is 9. The van der Waals surface area contributed by atoms with E-state index in [1.165, 1.54) is 23.9 Å². The molecule has 208 valence electrons. The van der Waals surface area contributed by atoms with E-state index in [-0.39, 0.29) is 23.4 Å². The zero-order valence-corrected chi connectivity index (χ0v) is 23.1.